The highest BCUT2D eigenvalue weighted by Crippen LogP contribution is 2.24. The predicted molar refractivity (Wildman–Crippen MR) is 70.6 cm³/mol. The fraction of sp³-hybridized carbons (Fsp3) is 0.571. The average molecular weight is 247 g/mol. The van der Waals surface area contributed by atoms with Crippen LogP contribution in [0, 0.1) is 5.92 Å². The van der Waals surface area contributed by atoms with Crippen molar-refractivity contribution in [1.82, 2.24) is 9.88 Å². The Balaban J connectivity index is 2.03. The molecular weight excluding hydrogens is 226 g/mol. The largest absolute Gasteiger partial charge is 0.338 e. The molecule has 1 aromatic rings. The molecule has 0 radical (unpaired) electrons. The monoisotopic (exact) mass is 247 g/mol. The van der Waals surface area contributed by atoms with Crippen molar-refractivity contribution < 1.29 is 4.79 Å². The van der Waals surface area contributed by atoms with Gasteiger partial charge in [-0.05, 0) is 24.0 Å². The number of carbonyl (C=O) groups excluding carboxylic acids is 1. The molecule has 1 aliphatic rings. The van der Waals surface area contributed by atoms with E-state index in [4.69, 9.17) is 5.73 Å². The lowest BCUT2D eigenvalue weighted by atomic mass is 10.0. The first kappa shape index (κ1) is 13.0. The molecule has 0 aromatic carbocycles. The van der Waals surface area contributed by atoms with E-state index in [2.05, 4.69) is 11.9 Å². The molecule has 1 atom stereocenters. The van der Waals surface area contributed by atoms with Crippen molar-refractivity contribution in [3.63, 3.8) is 0 Å². The molecule has 98 valence electrons. The van der Waals surface area contributed by atoms with Crippen LogP contribution in [0.3, 0.4) is 0 Å². The quantitative estimate of drug-likeness (QED) is 0.861. The van der Waals surface area contributed by atoms with Gasteiger partial charge in [-0.3, -0.25) is 9.78 Å². The molecule has 4 nitrogen and oxygen atoms in total. The highest BCUT2D eigenvalue weighted by Gasteiger charge is 2.29. The van der Waals surface area contributed by atoms with Crippen molar-refractivity contribution in [3.8, 4) is 0 Å². The van der Waals surface area contributed by atoms with Gasteiger partial charge in [0.25, 0.3) is 0 Å². The van der Waals surface area contributed by atoms with Crippen LogP contribution in [0.1, 0.15) is 37.4 Å². The molecular formula is C14H21N3O. The molecule has 1 aliphatic heterocycles. The minimum Gasteiger partial charge on any atom is -0.338 e. The number of hydrogen-bond donors (Lipinski definition) is 1. The summed E-state index contributed by atoms with van der Waals surface area (Å²) < 4.78 is 0. The second-order valence-corrected chi connectivity index (χ2v) is 4.95. The number of pyridine rings is 1. The summed E-state index contributed by atoms with van der Waals surface area (Å²) in [5, 5.41) is 0. The zero-order valence-corrected chi connectivity index (χ0v) is 10.9. The zero-order chi connectivity index (χ0) is 13.0. The topological polar surface area (TPSA) is 59.2 Å². The van der Waals surface area contributed by atoms with Crippen molar-refractivity contribution in [3.05, 3.63) is 29.6 Å². The number of likely N-dealkylation sites (tertiary alicyclic amines) is 1. The molecule has 1 saturated heterocycles. The summed E-state index contributed by atoms with van der Waals surface area (Å²) in [5.74, 6) is 0.792. The first-order chi connectivity index (χ1) is 8.74. The number of nitrogens with zero attached hydrogens (tertiary/aromatic N) is 2. The maximum absolute atomic E-state index is 11.9. The van der Waals surface area contributed by atoms with Gasteiger partial charge in [0.15, 0.2) is 0 Å². The summed E-state index contributed by atoms with van der Waals surface area (Å²) in [6, 6.07) is 3.91. The standard InChI is InChI=1S/C14H21N3O/c1-2-4-11-7-14(18)17(9-11)10-12-5-3-6-16-13(12)8-15/h3,5-6,11H,2,4,7-10,15H2,1H3. The lowest BCUT2D eigenvalue weighted by molar-refractivity contribution is -0.128. The molecule has 2 N–H and O–H groups in total. The molecule has 0 aliphatic carbocycles. The zero-order valence-electron chi connectivity index (χ0n) is 10.9. The Labute approximate surface area is 108 Å². The van der Waals surface area contributed by atoms with Crippen molar-refractivity contribution in [1.29, 1.82) is 0 Å². The van der Waals surface area contributed by atoms with E-state index in [1.54, 1.807) is 6.20 Å². The first-order valence-corrected chi connectivity index (χ1v) is 6.65. The van der Waals surface area contributed by atoms with E-state index in [1.807, 2.05) is 17.0 Å². The van der Waals surface area contributed by atoms with Crippen LogP contribution in [-0.2, 0) is 17.9 Å². The lowest BCUT2D eigenvalue weighted by Gasteiger charge is -2.18. The minimum atomic E-state index is 0.264. The normalized spacial score (nSPS) is 19.6. The van der Waals surface area contributed by atoms with Gasteiger partial charge in [0.05, 0.1) is 5.69 Å². The molecule has 0 saturated carbocycles. The Hall–Kier alpha value is -1.42. The second-order valence-electron chi connectivity index (χ2n) is 4.95. The van der Waals surface area contributed by atoms with E-state index >= 15 is 0 Å². The molecule has 2 rings (SSSR count). The van der Waals surface area contributed by atoms with E-state index < -0.39 is 0 Å². The summed E-state index contributed by atoms with van der Waals surface area (Å²) in [4.78, 5) is 18.1. The Morgan fingerprint density at radius 2 is 2.39 bits per heavy atom. The van der Waals surface area contributed by atoms with E-state index in [0.29, 0.717) is 25.4 Å². The van der Waals surface area contributed by atoms with Gasteiger partial charge < -0.3 is 10.6 Å². The molecule has 0 spiro atoms. The number of carbonyl (C=O) groups is 1. The molecule has 0 bridgehead atoms. The van der Waals surface area contributed by atoms with Crippen LogP contribution in [0.15, 0.2) is 18.3 Å². The van der Waals surface area contributed by atoms with Gasteiger partial charge in [-0.15, -0.1) is 0 Å². The Kier molecular flexibility index (Phi) is 4.31. The van der Waals surface area contributed by atoms with Crippen molar-refractivity contribution in [2.24, 2.45) is 11.7 Å². The summed E-state index contributed by atoms with van der Waals surface area (Å²) >= 11 is 0. The van der Waals surface area contributed by atoms with E-state index in [9.17, 15) is 4.79 Å². The molecule has 1 aromatic heterocycles. The van der Waals surface area contributed by atoms with Crippen LogP contribution in [0.25, 0.3) is 0 Å². The third kappa shape index (κ3) is 2.88. The molecule has 4 heteroatoms. The van der Waals surface area contributed by atoms with Crippen molar-refractivity contribution >= 4 is 5.91 Å². The van der Waals surface area contributed by atoms with Crippen LogP contribution in [0.5, 0.6) is 0 Å². The summed E-state index contributed by atoms with van der Waals surface area (Å²) in [5.41, 5.74) is 7.64. The third-order valence-corrected chi connectivity index (χ3v) is 3.53. The van der Waals surface area contributed by atoms with E-state index in [1.165, 1.54) is 0 Å². The Morgan fingerprint density at radius 3 is 3.11 bits per heavy atom. The van der Waals surface area contributed by atoms with Gasteiger partial charge in [0.2, 0.25) is 5.91 Å². The molecule has 1 unspecified atom stereocenters. The smallest absolute Gasteiger partial charge is 0.223 e. The van der Waals surface area contributed by atoms with Gasteiger partial charge >= 0.3 is 0 Å². The van der Waals surface area contributed by atoms with Gasteiger partial charge in [-0.25, -0.2) is 0 Å². The van der Waals surface area contributed by atoms with E-state index in [0.717, 1.165) is 30.6 Å². The van der Waals surface area contributed by atoms with Crippen LogP contribution in [0.4, 0.5) is 0 Å². The Morgan fingerprint density at radius 1 is 1.56 bits per heavy atom. The fourth-order valence-corrected chi connectivity index (χ4v) is 2.61. The first-order valence-electron chi connectivity index (χ1n) is 6.65. The molecule has 2 heterocycles. The van der Waals surface area contributed by atoms with Gasteiger partial charge in [0.1, 0.15) is 0 Å². The number of hydrogen-bond acceptors (Lipinski definition) is 3. The lowest BCUT2D eigenvalue weighted by Crippen LogP contribution is -2.25. The van der Waals surface area contributed by atoms with E-state index in [-0.39, 0.29) is 5.91 Å². The van der Waals surface area contributed by atoms with Crippen LogP contribution in [0.2, 0.25) is 0 Å². The Bertz CT molecular complexity index is 419. The number of rotatable bonds is 5. The van der Waals surface area contributed by atoms with Crippen molar-refractivity contribution in [2.75, 3.05) is 6.54 Å². The maximum Gasteiger partial charge on any atom is 0.223 e. The molecule has 1 fully saturated rings. The van der Waals surface area contributed by atoms with Gasteiger partial charge in [-0.2, -0.15) is 0 Å². The van der Waals surface area contributed by atoms with Crippen LogP contribution >= 0.6 is 0 Å². The summed E-state index contributed by atoms with van der Waals surface area (Å²) in [6.45, 7) is 4.13. The maximum atomic E-state index is 11.9. The minimum absolute atomic E-state index is 0.264. The highest BCUT2D eigenvalue weighted by atomic mass is 16.2. The van der Waals surface area contributed by atoms with Crippen molar-refractivity contribution in [2.45, 2.75) is 39.3 Å². The summed E-state index contributed by atoms with van der Waals surface area (Å²) in [7, 11) is 0. The number of nitrogens with two attached hydrogens (primary N) is 1. The molecule has 1 amide bonds. The average Bonchev–Trinajstić information content (AvgIpc) is 2.71. The number of amides is 1. The predicted octanol–water partition coefficient (Wildman–Crippen LogP) is 1.69. The fourth-order valence-electron chi connectivity index (χ4n) is 2.61. The third-order valence-electron chi connectivity index (χ3n) is 3.53. The summed E-state index contributed by atoms with van der Waals surface area (Å²) in [6.07, 6.45) is 4.73. The molecule has 18 heavy (non-hydrogen) atoms. The van der Waals surface area contributed by atoms with Gasteiger partial charge in [0, 0.05) is 32.3 Å². The highest BCUT2D eigenvalue weighted by molar-refractivity contribution is 5.78. The second kappa shape index (κ2) is 5.96. The number of aromatic nitrogens is 1. The van der Waals surface area contributed by atoms with Crippen LogP contribution < -0.4 is 5.73 Å². The van der Waals surface area contributed by atoms with Crippen LogP contribution in [-0.4, -0.2) is 22.3 Å². The SMILES string of the molecule is CCCC1CC(=O)N(Cc2cccnc2CN)C1. The van der Waals surface area contributed by atoms with Gasteiger partial charge in [-0.1, -0.05) is 19.4 Å².